The predicted octanol–water partition coefficient (Wildman–Crippen LogP) is 3.92. The van der Waals surface area contributed by atoms with Gasteiger partial charge in [0, 0.05) is 19.3 Å². The molecule has 0 amide bonds. The van der Waals surface area contributed by atoms with Crippen LogP contribution in [0.25, 0.3) is 0 Å². The topological polar surface area (TPSA) is 227 Å². The van der Waals surface area contributed by atoms with Crippen LogP contribution in [0.4, 0.5) is 0 Å². The van der Waals surface area contributed by atoms with E-state index in [0.29, 0.717) is 57.8 Å². The molecule has 0 saturated carbocycles. The summed E-state index contributed by atoms with van der Waals surface area (Å²) >= 11 is 0. The molecule has 0 spiro atoms. The minimum atomic E-state index is -2.28. The number of aliphatic carboxylic acids is 3. The van der Waals surface area contributed by atoms with Crippen LogP contribution in [-0.4, -0.2) is 107 Å². The molecule has 0 heterocycles. The Bertz CT molecular complexity index is 1010. The number of carbonyl (C=O) groups excluding carboxylic acids is 6. The molecule has 15 nitrogen and oxygen atoms in total. The third kappa shape index (κ3) is 20.8. The zero-order valence-corrected chi connectivity index (χ0v) is 39.3. The smallest absolute Gasteiger partial charge is 0.544 e. The summed E-state index contributed by atoms with van der Waals surface area (Å²) in [4.78, 5) is 70.8. The fourth-order valence-electron chi connectivity index (χ4n) is 4.48. The van der Waals surface area contributed by atoms with Crippen LogP contribution < -0.4 is 15.3 Å². The Morgan fingerprint density at radius 3 is 0.586 bits per heavy atom. The van der Waals surface area contributed by atoms with Crippen molar-refractivity contribution in [2.24, 2.45) is 0 Å². The Morgan fingerprint density at radius 1 is 0.362 bits per heavy atom. The first-order valence-corrected chi connectivity index (χ1v) is 20.8. The number of rotatable bonds is 30. The van der Waals surface area contributed by atoms with E-state index >= 15 is 0 Å². The van der Waals surface area contributed by atoms with Gasteiger partial charge in [0.1, 0.15) is 17.9 Å². The zero-order chi connectivity index (χ0) is 45.2. The maximum Gasteiger partial charge on any atom is 3.00 e. The molecule has 6 unspecified atom stereocenters. The van der Waals surface area contributed by atoms with Crippen molar-refractivity contribution in [2.45, 2.75) is 235 Å². The van der Waals surface area contributed by atoms with Gasteiger partial charge in [-0.2, -0.15) is 0 Å². The molecule has 0 aromatic rings. The van der Waals surface area contributed by atoms with Crippen molar-refractivity contribution >= 4 is 52.6 Å². The molecule has 0 aromatic carbocycles. The van der Waals surface area contributed by atoms with Gasteiger partial charge in [0.05, 0.1) is 36.6 Å². The van der Waals surface area contributed by atoms with Crippen molar-refractivity contribution in [3.63, 3.8) is 0 Å². The summed E-state index contributed by atoms with van der Waals surface area (Å²) in [5.74, 6) is -13.4. The fraction of sp³-hybridized carbons (Fsp3) is 0.857. The summed E-state index contributed by atoms with van der Waals surface area (Å²) in [6.45, 7) is 26.7. The molecule has 0 aliphatic rings. The van der Waals surface area contributed by atoms with Crippen molar-refractivity contribution in [1.82, 2.24) is 0 Å². The van der Waals surface area contributed by atoms with Gasteiger partial charge in [-0.3, -0.25) is 14.4 Å². The molecule has 0 N–H and O–H groups in total. The van der Waals surface area contributed by atoms with E-state index in [9.17, 15) is 44.1 Å². The van der Waals surface area contributed by atoms with Crippen molar-refractivity contribution in [2.75, 3.05) is 0 Å². The van der Waals surface area contributed by atoms with Crippen LogP contribution in [-0.2, 0) is 57.2 Å². The Labute approximate surface area is 359 Å². The predicted molar refractivity (Wildman–Crippen MR) is 214 cm³/mol. The second kappa shape index (κ2) is 32.5. The molecule has 58 heavy (non-hydrogen) atoms. The van der Waals surface area contributed by atoms with E-state index in [2.05, 4.69) is 0 Å². The van der Waals surface area contributed by atoms with Gasteiger partial charge in [-0.1, -0.05) is 62.3 Å². The second-order valence-electron chi connectivity index (χ2n) is 14.3. The molecule has 0 saturated heterocycles. The van der Waals surface area contributed by atoms with Crippen molar-refractivity contribution < 1.29 is 72.5 Å². The van der Waals surface area contributed by atoms with Crippen LogP contribution in [0.15, 0.2) is 0 Å². The number of ether oxygens (including phenoxy) is 6. The number of hydrogen-bond acceptors (Lipinski definition) is 15. The largest absolute Gasteiger partial charge is 3.00 e. The van der Waals surface area contributed by atoms with Gasteiger partial charge in [-0.05, 0) is 99.3 Å². The standard InChI is InChI=1S/3C14H26O5.Al/c3*1-6-9-12(15)14(13(16)17,18-10(4)7-2)19-11(5)8-3;/h3*10-11H,6-9H2,1-5H3,(H,16,17);/q;;;+3/p-3. The van der Waals surface area contributed by atoms with Gasteiger partial charge in [0.15, 0.2) is 17.3 Å². The van der Waals surface area contributed by atoms with Gasteiger partial charge in [-0.15, -0.1) is 0 Å². The third-order valence-corrected chi connectivity index (χ3v) is 8.99. The first kappa shape index (κ1) is 62.4. The van der Waals surface area contributed by atoms with E-state index in [1.165, 1.54) is 0 Å². The maximum absolute atomic E-state index is 12.1. The SMILES string of the molecule is CCCC(=O)C(OC(C)CC)(OC(C)CC)C(=O)[O-].CCCC(=O)C(OC(C)CC)(OC(C)CC)C(=O)[O-].CCCC(=O)C(OC(C)CC)(OC(C)CC)C(=O)[O-].[Al+3]. The first-order valence-electron chi connectivity index (χ1n) is 20.8. The molecule has 0 bridgehead atoms. The van der Waals surface area contributed by atoms with Gasteiger partial charge < -0.3 is 58.1 Å². The molecule has 0 aliphatic carbocycles. The summed E-state index contributed by atoms with van der Waals surface area (Å²) < 4.78 is 32.4. The van der Waals surface area contributed by atoms with Crippen LogP contribution in [0.5, 0.6) is 0 Å². The average molecular weight is 847 g/mol. The van der Waals surface area contributed by atoms with Gasteiger partial charge in [0.25, 0.3) is 17.4 Å². The summed E-state index contributed by atoms with van der Waals surface area (Å²) in [6, 6.07) is 0. The van der Waals surface area contributed by atoms with Gasteiger partial charge >= 0.3 is 17.4 Å². The second-order valence-corrected chi connectivity index (χ2v) is 14.3. The molecule has 6 atom stereocenters. The molecule has 0 fully saturated rings. The molecule has 0 aromatic heterocycles. The number of carboxylic acids is 3. The first-order chi connectivity index (χ1) is 26.5. The van der Waals surface area contributed by atoms with Crippen molar-refractivity contribution in [1.29, 1.82) is 0 Å². The van der Waals surface area contributed by atoms with Crippen LogP contribution in [0.3, 0.4) is 0 Å². The molecule has 0 rings (SSSR count). The van der Waals surface area contributed by atoms with Crippen LogP contribution in [0.2, 0.25) is 0 Å². The Hall–Kier alpha value is -2.29. The van der Waals surface area contributed by atoms with Crippen molar-refractivity contribution in [3.05, 3.63) is 0 Å². The Balaban J connectivity index is -0.000000374. The molecular weight excluding hydrogens is 771 g/mol. The number of Topliss-reactive ketones (excluding diaryl/α,β-unsaturated/α-hetero) is 3. The number of hydrogen-bond donors (Lipinski definition) is 0. The summed E-state index contributed by atoms with van der Waals surface area (Å²) in [5, 5.41) is 34.4. The van der Waals surface area contributed by atoms with Crippen molar-refractivity contribution in [3.8, 4) is 0 Å². The monoisotopic (exact) mass is 846 g/mol. The minimum absolute atomic E-state index is 0. The molecule has 0 aliphatic heterocycles. The molecule has 0 radical (unpaired) electrons. The molecule has 16 heteroatoms. The third-order valence-electron chi connectivity index (χ3n) is 8.99. The molecule has 336 valence electrons. The van der Waals surface area contributed by atoms with Crippen LogP contribution in [0, 0.1) is 0 Å². The van der Waals surface area contributed by atoms with E-state index in [1.54, 1.807) is 62.3 Å². The van der Waals surface area contributed by atoms with E-state index in [1.807, 2.05) is 41.5 Å². The van der Waals surface area contributed by atoms with Gasteiger partial charge in [0.2, 0.25) is 0 Å². The van der Waals surface area contributed by atoms with E-state index in [4.69, 9.17) is 28.4 Å². The minimum Gasteiger partial charge on any atom is -0.544 e. The zero-order valence-electron chi connectivity index (χ0n) is 38.2. The Morgan fingerprint density at radius 2 is 0.500 bits per heavy atom. The van der Waals surface area contributed by atoms with E-state index in [-0.39, 0.29) is 36.6 Å². The normalized spacial score (nSPS) is 17.2. The average Bonchev–Trinajstić information content (AvgIpc) is 3.16. The summed E-state index contributed by atoms with van der Waals surface area (Å²) in [5.41, 5.74) is 0. The number of carbonyl (C=O) groups is 6. The summed E-state index contributed by atoms with van der Waals surface area (Å²) in [7, 11) is 0. The van der Waals surface area contributed by atoms with Crippen LogP contribution >= 0.6 is 0 Å². The summed E-state index contributed by atoms with van der Waals surface area (Å²) in [6.07, 6.45) is 2.93. The van der Waals surface area contributed by atoms with Crippen LogP contribution in [0.1, 0.15) is 181 Å². The quantitative estimate of drug-likeness (QED) is 0.0567. The molecular formula is C42H75AlO15. The van der Waals surface area contributed by atoms with Gasteiger partial charge in [-0.25, -0.2) is 0 Å². The fourth-order valence-corrected chi connectivity index (χ4v) is 4.48. The van der Waals surface area contributed by atoms with E-state index in [0.717, 1.165) is 0 Å². The number of ketones is 3. The Kier molecular flexibility index (Phi) is 34.9. The number of carboxylic acid groups (broad SMARTS) is 3. The van der Waals surface area contributed by atoms with E-state index < -0.39 is 89.2 Å². The maximum atomic E-state index is 12.1.